The highest BCUT2D eigenvalue weighted by Gasteiger charge is 2.36. The number of halogens is 1. The molecule has 1 aliphatic heterocycles. The molecule has 1 aliphatic rings. The Hall–Kier alpha value is -4.55. The number of pyridine rings is 1. The van der Waals surface area contributed by atoms with E-state index in [2.05, 4.69) is 20.1 Å². The molecule has 5 aromatic rings. The summed E-state index contributed by atoms with van der Waals surface area (Å²) < 4.78 is 13.8. The Morgan fingerprint density at radius 3 is 2.62 bits per heavy atom. The summed E-state index contributed by atoms with van der Waals surface area (Å²) in [5.41, 5.74) is -0.382. The molecule has 1 amide bonds. The summed E-state index contributed by atoms with van der Waals surface area (Å²) in [5.74, 6) is -0.0492. The molecule has 198 valence electrons. The lowest BCUT2D eigenvalue weighted by Gasteiger charge is -2.38. The molecule has 1 N–H and O–H groups in total. The lowest BCUT2D eigenvalue weighted by molar-refractivity contribution is -0.0305. The van der Waals surface area contributed by atoms with Crippen LogP contribution in [0.25, 0.3) is 16.7 Å². The first-order valence-corrected chi connectivity index (χ1v) is 12.5. The summed E-state index contributed by atoms with van der Waals surface area (Å²) >= 11 is 5.97. The van der Waals surface area contributed by atoms with Gasteiger partial charge in [-0.1, -0.05) is 17.7 Å². The summed E-state index contributed by atoms with van der Waals surface area (Å²) in [4.78, 5) is 40.1. The van der Waals surface area contributed by atoms with Crippen molar-refractivity contribution in [3.63, 3.8) is 0 Å². The number of nitrogens with zero attached hydrogens (tertiary/aromatic N) is 7. The number of oxazole rings is 1. The van der Waals surface area contributed by atoms with Crippen molar-refractivity contribution in [2.45, 2.75) is 25.0 Å². The van der Waals surface area contributed by atoms with Crippen molar-refractivity contribution in [3.05, 3.63) is 88.5 Å². The number of aliphatic hydroxyl groups is 1. The third-order valence-electron chi connectivity index (χ3n) is 6.60. The zero-order valence-electron chi connectivity index (χ0n) is 20.5. The van der Waals surface area contributed by atoms with Crippen molar-refractivity contribution in [3.8, 4) is 17.6 Å². The number of fused-ring (bicyclic) bond motifs is 1. The van der Waals surface area contributed by atoms with Crippen molar-refractivity contribution in [2.75, 3.05) is 13.1 Å². The first kappa shape index (κ1) is 24.8. The number of benzene rings is 1. The van der Waals surface area contributed by atoms with E-state index in [4.69, 9.17) is 20.8 Å². The molecule has 0 unspecified atom stereocenters. The maximum atomic E-state index is 13.2. The van der Waals surface area contributed by atoms with Crippen LogP contribution in [0.1, 0.15) is 23.4 Å². The zero-order chi connectivity index (χ0) is 27.0. The van der Waals surface area contributed by atoms with Crippen LogP contribution in [0, 0.1) is 0 Å². The van der Waals surface area contributed by atoms with Gasteiger partial charge in [0.25, 0.3) is 11.5 Å². The monoisotopic (exact) mass is 547 g/mol. The van der Waals surface area contributed by atoms with E-state index in [0.29, 0.717) is 21.9 Å². The molecule has 1 aromatic carbocycles. The Morgan fingerprint density at radius 2 is 1.87 bits per heavy atom. The van der Waals surface area contributed by atoms with Crippen LogP contribution in [0.4, 0.5) is 0 Å². The van der Waals surface area contributed by atoms with E-state index >= 15 is 0 Å². The largest absolute Gasteiger partial charge is 0.403 e. The van der Waals surface area contributed by atoms with Crippen LogP contribution in [0.2, 0.25) is 5.02 Å². The highest BCUT2D eigenvalue weighted by molar-refractivity contribution is 6.30. The summed E-state index contributed by atoms with van der Waals surface area (Å²) in [6.45, 7) is 0.573. The molecule has 1 fully saturated rings. The van der Waals surface area contributed by atoms with Gasteiger partial charge in [-0.25, -0.2) is 14.6 Å². The number of ether oxygens (including phenoxy) is 1. The summed E-state index contributed by atoms with van der Waals surface area (Å²) in [7, 11) is 0. The fraction of sp³-hybridized carbons (Fsp3) is 0.231. The summed E-state index contributed by atoms with van der Waals surface area (Å²) in [6, 6.07) is 12.2. The molecule has 5 heterocycles. The SMILES string of the molecule is O=C(c1cnc(Oc2ccccn2)o1)N1CCC(O)(Cn2cnc3c(cnn3-c3ccc(Cl)cc3)c2=O)CC1. The van der Waals surface area contributed by atoms with Crippen molar-refractivity contribution in [1.29, 1.82) is 0 Å². The molecule has 6 rings (SSSR count). The minimum atomic E-state index is -1.20. The normalized spacial score (nSPS) is 15.0. The quantitative estimate of drug-likeness (QED) is 0.339. The van der Waals surface area contributed by atoms with Crippen LogP contribution in [-0.2, 0) is 6.54 Å². The molecular formula is C26H22ClN7O5. The number of rotatable bonds is 6. The topological polar surface area (TPSA) is 141 Å². The van der Waals surface area contributed by atoms with Crippen LogP contribution >= 0.6 is 11.6 Å². The smallest absolute Gasteiger partial charge is 0.401 e. The Kier molecular flexibility index (Phi) is 6.33. The van der Waals surface area contributed by atoms with Crippen LogP contribution in [0.15, 0.2) is 76.6 Å². The Bertz CT molecular complexity index is 1690. The maximum Gasteiger partial charge on any atom is 0.401 e. The lowest BCUT2D eigenvalue weighted by atomic mass is 9.91. The van der Waals surface area contributed by atoms with E-state index in [1.54, 1.807) is 58.2 Å². The highest BCUT2D eigenvalue weighted by atomic mass is 35.5. The average molecular weight is 548 g/mol. The van der Waals surface area contributed by atoms with Crippen LogP contribution in [0.5, 0.6) is 12.0 Å². The minimum Gasteiger partial charge on any atom is -0.403 e. The molecule has 0 aliphatic carbocycles. The number of carbonyl (C=O) groups excluding carboxylic acids is 1. The predicted octanol–water partition coefficient (Wildman–Crippen LogP) is 3.08. The van der Waals surface area contributed by atoms with Gasteiger partial charge in [0.1, 0.15) is 11.7 Å². The van der Waals surface area contributed by atoms with Crippen molar-refractivity contribution in [2.24, 2.45) is 0 Å². The van der Waals surface area contributed by atoms with Gasteiger partial charge in [-0.2, -0.15) is 10.1 Å². The van der Waals surface area contributed by atoms with Gasteiger partial charge in [0, 0.05) is 30.4 Å². The van der Waals surface area contributed by atoms with Gasteiger partial charge in [0.05, 0.1) is 30.2 Å². The van der Waals surface area contributed by atoms with E-state index in [1.165, 1.54) is 23.3 Å². The maximum absolute atomic E-state index is 13.2. The van der Waals surface area contributed by atoms with E-state index in [9.17, 15) is 14.7 Å². The zero-order valence-corrected chi connectivity index (χ0v) is 21.2. The third-order valence-corrected chi connectivity index (χ3v) is 6.85. The molecule has 39 heavy (non-hydrogen) atoms. The Labute approximate surface area is 226 Å². The minimum absolute atomic E-state index is 0.0231. The molecule has 0 saturated carbocycles. The molecule has 12 nitrogen and oxygen atoms in total. The molecule has 13 heteroatoms. The molecule has 4 aromatic heterocycles. The number of likely N-dealkylation sites (tertiary alicyclic amines) is 1. The molecular weight excluding hydrogens is 526 g/mol. The van der Waals surface area contributed by atoms with E-state index in [1.807, 2.05) is 0 Å². The first-order valence-electron chi connectivity index (χ1n) is 12.1. The number of piperidine rings is 1. The van der Waals surface area contributed by atoms with Crippen LogP contribution in [-0.4, -0.2) is 63.9 Å². The van der Waals surface area contributed by atoms with Gasteiger partial charge < -0.3 is 19.2 Å². The van der Waals surface area contributed by atoms with Gasteiger partial charge in [-0.3, -0.25) is 14.2 Å². The number of amides is 1. The molecule has 0 radical (unpaired) electrons. The van der Waals surface area contributed by atoms with Crippen LogP contribution < -0.4 is 10.3 Å². The van der Waals surface area contributed by atoms with Gasteiger partial charge in [0.15, 0.2) is 5.65 Å². The van der Waals surface area contributed by atoms with Crippen molar-refractivity contribution >= 4 is 28.5 Å². The lowest BCUT2D eigenvalue weighted by Crippen LogP contribution is -2.49. The first-order chi connectivity index (χ1) is 18.9. The van der Waals surface area contributed by atoms with Crippen molar-refractivity contribution in [1.82, 2.24) is 34.2 Å². The fourth-order valence-corrected chi connectivity index (χ4v) is 4.62. The second-order valence-electron chi connectivity index (χ2n) is 9.22. The van der Waals surface area contributed by atoms with Gasteiger partial charge >= 0.3 is 6.08 Å². The standard InChI is InChI=1S/C26H22ClN7O5/c27-17-4-6-18(7-5-17)34-22-19(13-31-34)23(35)33(16-30-22)15-26(37)8-11-32(12-9-26)24(36)20-14-29-25(38-20)39-21-3-1-2-10-28-21/h1-7,10,13-14,16,37H,8-9,11-12,15H2. The van der Waals surface area contributed by atoms with E-state index in [0.717, 1.165) is 5.69 Å². The van der Waals surface area contributed by atoms with E-state index in [-0.39, 0.29) is 55.8 Å². The summed E-state index contributed by atoms with van der Waals surface area (Å²) in [5, 5.41) is 16.5. The van der Waals surface area contributed by atoms with Gasteiger partial charge in [-0.05, 0) is 43.2 Å². The van der Waals surface area contributed by atoms with Crippen LogP contribution in [0.3, 0.4) is 0 Å². The number of hydrogen-bond donors (Lipinski definition) is 1. The average Bonchev–Trinajstić information content (AvgIpc) is 3.59. The van der Waals surface area contributed by atoms with Crippen molar-refractivity contribution < 1.29 is 19.1 Å². The third kappa shape index (κ3) is 4.99. The molecule has 1 saturated heterocycles. The molecule has 0 atom stereocenters. The number of aromatic nitrogens is 6. The second kappa shape index (κ2) is 9.97. The Morgan fingerprint density at radius 1 is 1.08 bits per heavy atom. The number of hydrogen-bond acceptors (Lipinski definition) is 9. The molecule has 0 bridgehead atoms. The highest BCUT2D eigenvalue weighted by Crippen LogP contribution is 2.26. The Balaban J connectivity index is 1.12. The summed E-state index contributed by atoms with van der Waals surface area (Å²) in [6.07, 6.45) is 6.17. The van der Waals surface area contributed by atoms with Gasteiger partial charge in [0.2, 0.25) is 11.6 Å². The van der Waals surface area contributed by atoms with E-state index < -0.39 is 5.60 Å². The van der Waals surface area contributed by atoms with Gasteiger partial charge in [-0.15, -0.1) is 0 Å². The number of carbonyl (C=O) groups is 1. The second-order valence-corrected chi connectivity index (χ2v) is 9.66. The fourth-order valence-electron chi connectivity index (χ4n) is 4.49. The molecule has 0 spiro atoms. The predicted molar refractivity (Wildman–Crippen MR) is 139 cm³/mol.